The van der Waals surface area contributed by atoms with E-state index in [1.807, 2.05) is 6.07 Å². The predicted octanol–water partition coefficient (Wildman–Crippen LogP) is 3.00. The van der Waals surface area contributed by atoms with Crippen LogP contribution in [-0.4, -0.2) is 23.4 Å². The summed E-state index contributed by atoms with van der Waals surface area (Å²) >= 11 is 5.66. The lowest BCUT2D eigenvalue weighted by molar-refractivity contribution is 0.0747. The Balaban J connectivity index is 2.17. The van der Waals surface area contributed by atoms with Crippen LogP contribution < -0.4 is 0 Å². The standard InChI is InChI=1S/C13H12ClFN2O/c14-11-8-9(2-5-12(11)15)13(18)17(7-1-6-16)10-3-4-10/h2,5,8,10H,1,3-4,7H2. The van der Waals surface area contributed by atoms with E-state index in [1.165, 1.54) is 18.2 Å². The van der Waals surface area contributed by atoms with E-state index in [0.29, 0.717) is 18.5 Å². The van der Waals surface area contributed by atoms with Gasteiger partial charge >= 0.3 is 0 Å². The Kier molecular flexibility index (Phi) is 3.83. The van der Waals surface area contributed by atoms with Crippen molar-refractivity contribution in [2.75, 3.05) is 6.54 Å². The number of carbonyl (C=O) groups is 1. The summed E-state index contributed by atoms with van der Waals surface area (Å²) in [4.78, 5) is 13.9. The van der Waals surface area contributed by atoms with Crippen LogP contribution in [0.15, 0.2) is 18.2 Å². The van der Waals surface area contributed by atoms with Gasteiger partial charge in [-0.25, -0.2) is 4.39 Å². The van der Waals surface area contributed by atoms with E-state index in [0.717, 1.165) is 12.8 Å². The molecule has 1 saturated carbocycles. The molecule has 5 heteroatoms. The molecule has 1 fully saturated rings. The van der Waals surface area contributed by atoms with Crippen molar-refractivity contribution < 1.29 is 9.18 Å². The van der Waals surface area contributed by atoms with Crippen LogP contribution in [0.2, 0.25) is 5.02 Å². The lowest BCUT2D eigenvalue weighted by Crippen LogP contribution is -2.33. The minimum atomic E-state index is -0.539. The molecule has 1 aromatic rings. The van der Waals surface area contributed by atoms with Gasteiger partial charge in [0.1, 0.15) is 5.82 Å². The molecule has 0 unspecified atom stereocenters. The molecule has 94 valence electrons. The molecule has 1 amide bonds. The van der Waals surface area contributed by atoms with Gasteiger partial charge in [0, 0.05) is 18.2 Å². The van der Waals surface area contributed by atoms with Crippen LogP contribution in [0.3, 0.4) is 0 Å². The van der Waals surface area contributed by atoms with E-state index in [4.69, 9.17) is 16.9 Å². The Bertz CT molecular complexity index is 508. The van der Waals surface area contributed by atoms with Crippen LogP contribution in [0, 0.1) is 17.1 Å². The van der Waals surface area contributed by atoms with Crippen LogP contribution in [0.25, 0.3) is 0 Å². The van der Waals surface area contributed by atoms with Gasteiger partial charge in [-0.3, -0.25) is 4.79 Å². The van der Waals surface area contributed by atoms with Gasteiger partial charge in [0.25, 0.3) is 5.91 Å². The van der Waals surface area contributed by atoms with E-state index in [2.05, 4.69) is 0 Å². The van der Waals surface area contributed by atoms with Gasteiger partial charge in [-0.2, -0.15) is 5.26 Å². The number of nitriles is 1. The van der Waals surface area contributed by atoms with Crippen molar-refractivity contribution in [3.05, 3.63) is 34.6 Å². The van der Waals surface area contributed by atoms with E-state index in [1.54, 1.807) is 4.90 Å². The Morgan fingerprint density at radius 2 is 2.28 bits per heavy atom. The van der Waals surface area contributed by atoms with Gasteiger partial charge in [-0.1, -0.05) is 11.6 Å². The number of halogens is 2. The predicted molar refractivity (Wildman–Crippen MR) is 65.7 cm³/mol. The molecule has 0 aromatic heterocycles. The fourth-order valence-electron chi connectivity index (χ4n) is 1.80. The third kappa shape index (κ3) is 2.80. The van der Waals surface area contributed by atoms with Gasteiger partial charge in [-0.15, -0.1) is 0 Å². The Labute approximate surface area is 110 Å². The van der Waals surface area contributed by atoms with Crippen molar-refractivity contribution in [1.29, 1.82) is 5.26 Å². The first-order valence-corrected chi connectivity index (χ1v) is 6.14. The van der Waals surface area contributed by atoms with Crippen molar-refractivity contribution in [3.8, 4) is 6.07 Å². The first-order chi connectivity index (χ1) is 8.63. The number of benzene rings is 1. The molecule has 0 radical (unpaired) electrons. The zero-order valence-corrected chi connectivity index (χ0v) is 10.5. The minimum Gasteiger partial charge on any atom is -0.335 e. The number of amides is 1. The molecule has 0 atom stereocenters. The zero-order chi connectivity index (χ0) is 13.1. The van der Waals surface area contributed by atoms with E-state index in [-0.39, 0.29) is 17.0 Å². The maximum atomic E-state index is 13.0. The van der Waals surface area contributed by atoms with E-state index >= 15 is 0 Å². The summed E-state index contributed by atoms with van der Waals surface area (Å²) in [5, 5.41) is 8.53. The number of hydrogen-bond donors (Lipinski definition) is 0. The van der Waals surface area contributed by atoms with E-state index in [9.17, 15) is 9.18 Å². The molecule has 0 bridgehead atoms. The average molecular weight is 267 g/mol. The topological polar surface area (TPSA) is 44.1 Å². The molecule has 0 heterocycles. The van der Waals surface area contributed by atoms with Crippen molar-refractivity contribution in [3.63, 3.8) is 0 Å². The van der Waals surface area contributed by atoms with Gasteiger partial charge in [0.05, 0.1) is 17.5 Å². The summed E-state index contributed by atoms with van der Waals surface area (Å²) in [6.07, 6.45) is 2.23. The van der Waals surface area contributed by atoms with Gasteiger partial charge < -0.3 is 4.90 Å². The summed E-state index contributed by atoms with van der Waals surface area (Å²) in [7, 11) is 0. The average Bonchev–Trinajstić information content (AvgIpc) is 3.17. The summed E-state index contributed by atoms with van der Waals surface area (Å²) in [6, 6.07) is 6.19. The molecule has 2 rings (SSSR count). The molecule has 0 spiro atoms. The number of nitrogens with zero attached hydrogens (tertiary/aromatic N) is 2. The monoisotopic (exact) mass is 266 g/mol. The first-order valence-electron chi connectivity index (χ1n) is 5.76. The maximum absolute atomic E-state index is 13.0. The molecule has 0 aliphatic heterocycles. The molecule has 0 N–H and O–H groups in total. The normalized spacial score (nSPS) is 14.1. The third-order valence-corrected chi connectivity index (χ3v) is 3.17. The van der Waals surface area contributed by atoms with Crippen molar-refractivity contribution >= 4 is 17.5 Å². The molecular formula is C13H12ClFN2O. The highest BCUT2D eigenvalue weighted by atomic mass is 35.5. The minimum absolute atomic E-state index is 0.0584. The highest BCUT2D eigenvalue weighted by Crippen LogP contribution is 2.29. The Morgan fingerprint density at radius 3 is 2.83 bits per heavy atom. The number of hydrogen-bond acceptors (Lipinski definition) is 2. The van der Waals surface area contributed by atoms with Crippen LogP contribution in [0.4, 0.5) is 4.39 Å². The lowest BCUT2D eigenvalue weighted by Gasteiger charge is -2.21. The van der Waals surface area contributed by atoms with Crippen LogP contribution in [0.1, 0.15) is 29.6 Å². The summed E-state index contributed by atoms with van der Waals surface area (Å²) in [5.41, 5.74) is 0.367. The highest BCUT2D eigenvalue weighted by molar-refractivity contribution is 6.31. The smallest absolute Gasteiger partial charge is 0.254 e. The maximum Gasteiger partial charge on any atom is 0.254 e. The van der Waals surface area contributed by atoms with Crippen LogP contribution in [0.5, 0.6) is 0 Å². The number of rotatable bonds is 4. The number of carbonyl (C=O) groups excluding carboxylic acids is 1. The van der Waals surface area contributed by atoms with Gasteiger partial charge in [-0.05, 0) is 31.0 Å². The van der Waals surface area contributed by atoms with Crippen molar-refractivity contribution in [2.45, 2.75) is 25.3 Å². The second kappa shape index (κ2) is 5.36. The summed E-state index contributed by atoms with van der Waals surface area (Å²) in [5.74, 6) is -0.724. The van der Waals surface area contributed by atoms with Crippen LogP contribution >= 0.6 is 11.6 Å². The molecule has 18 heavy (non-hydrogen) atoms. The zero-order valence-electron chi connectivity index (χ0n) is 9.70. The fraction of sp³-hybridized carbons (Fsp3) is 0.385. The third-order valence-electron chi connectivity index (χ3n) is 2.88. The molecule has 1 aliphatic rings. The lowest BCUT2D eigenvalue weighted by atomic mass is 10.2. The molecule has 3 nitrogen and oxygen atoms in total. The van der Waals surface area contributed by atoms with Gasteiger partial charge in [0.2, 0.25) is 0 Å². The van der Waals surface area contributed by atoms with Crippen molar-refractivity contribution in [1.82, 2.24) is 4.90 Å². The first kappa shape index (κ1) is 12.8. The molecule has 1 aromatic carbocycles. The Morgan fingerprint density at radius 1 is 1.56 bits per heavy atom. The molecule has 1 aliphatic carbocycles. The van der Waals surface area contributed by atoms with Crippen molar-refractivity contribution in [2.24, 2.45) is 0 Å². The largest absolute Gasteiger partial charge is 0.335 e. The second-order valence-electron chi connectivity index (χ2n) is 4.27. The Hall–Kier alpha value is -1.60. The summed E-state index contributed by atoms with van der Waals surface area (Å²) < 4.78 is 13.0. The van der Waals surface area contributed by atoms with Gasteiger partial charge in [0.15, 0.2) is 0 Å². The highest BCUT2D eigenvalue weighted by Gasteiger charge is 2.32. The second-order valence-corrected chi connectivity index (χ2v) is 4.67. The van der Waals surface area contributed by atoms with Crippen LogP contribution in [-0.2, 0) is 0 Å². The SMILES string of the molecule is N#CCCN(C(=O)c1ccc(F)c(Cl)c1)C1CC1. The molecular weight excluding hydrogens is 255 g/mol. The molecule has 0 saturated heterocycles. The fourth-order valence-corrected chi connectivity index (χ4v) is 1.98. The van der Waals surface area contributed by atoms with E-state index < -0.39 is 5.82 Å². The summed E-state index contributed by atoms with van der Waals surface area (Å²) in [6.45, 7) is 0.412. The quantitative estimate of drug-likeness (QED) is 0.841.